The molecule has 9 nitrogen and oxygen atoms in total. The topological polar surface area (TPSA) is 138 Å². The summed E-state index contributed by atoms with van der Waals surface area (Å²) in [6, 6.07) is 8.13. The zero-order chi connectivity index (χ0) is 20.4. The van der Waals surface area contributed by atoms with Gasteiger partial charge in [0.15, 0.2) is 0 Å². The van der Waals surface area contributed by atoms with Gasteiger partial charge in [-0.15, -0.1) is 0 Å². The molecule has 0 unspecified atom stereocenters. The Kier molecular flexibility index (Phi) is 8.41. The van der Waals surface area contributed by atoms with Gasteiger partial charge in [0.25, 0.3) is 5.91 Å². The van der Waals surface area contributed by atoms with Gasteiger partial charge in [0, 0.05) is 38.9 Å². The highest BCUT2D eigenvalue weighted by atomic mass is 32.2. The van der Waals surface area contributed by atoms with E-state index in [0.29, 0.717) is 32.7 Å². The van der Waals surface area contributed by atoms with Gasteiger partial charge in [-0.25, -0.2) is 13.6 Å². The molecule has 1 amide bonds. The van der Waals surface area contributed by atoms with Crippen LogP contribution < -0.4 is 15.8 Å². The molecule has 0 radical (unpaired) electrons. The normalized spacial score (nSPS) is 15.6. The van der Waals surface area contributed by atoms with E-state index in [-0.39, 0.29) is 10.5 Å². The molecule has 0 aromatic heterocycles. The second kappa shape index (κ2) is 10.8. The van der Waals surface area contributed by atoms with Gasteiger partial charge in [-0.2, -0.15) is 5.26 Å². The van der Waals surface area contributed by atoms with Crippen molar-refractivity contribution in [1.29, 1.82) is 5.26 Å². The number of rotatable bonds is 9. The Hall–Kier alpha value is -2.45. The lowest BCUT2D eigenvalue weighted by atomic mass is 10.1. The minimum atomic E-state index is -3.70. The third-order valence-electron chi connectivity index (χ3n) is 4.24. The third-order valence-corrected chi connectivity index (χ3v) is 5.17. The second-order valence-electron chi connectivity index (χ2n) is 6.27. The molecule has 0 bridgehead atoms. The summed E-state index contributed by atoms with van der Waals surface area (Å²) in [5, 5.41) is 19.9. The molecular formula is C18H25N5O4S. The highest BCUT2D eigenvalue weighted by molar-refractivity contribution is 7.89. The Morgan fingerprint density at radius 2 is 1.93 bits per heavy atom. The van der Waals surface area contributed by atoms with E-state index in [1.54, 1.807) is 12.1 Å². The molecule has 28 heavy (non-hydrogen) atoms. The minimum Gasteiger partial charge on any atom is -0.389 e. The summed E-state index contributed by atoms with van der Waals surface area (Å²) in [6.07, 6.45) is 1.99. The molecule has 2 rings (SSSR count). The number of sulfonamides is 1. The molecule has 1 aromatic rings. The fourth-order valence-electron chi connectivity index (χ4n) is 2.63. The van der Waals surface area contributed by atoms with Gasteiger partial charge in [-0.05, 0) is 24.1 Å². The van der Waals surface area contributed by atoms with Crippen LogP contribution >= 0.6 is 0 Å². The van der Waals surface area contributed by atoms with Crippen LogP contribution in [0.4, 0.5) is 0 Å². The highest BCUT2D eigenvalue weighted by Crippen LogP contribution is 2.08. The standard InChI is InChI=1S/C18H25N5O4S/c19-13-16(18(24)22-7-8-23-9-11-27-12-10-23)14-21-6-5-15-1-3-17(4-2-15)28(20,25)26/h1-4,14,21H,5-12H2,(H,22,24)(H2,20,25,26)/b16-14-. The van der Waals surface area contributed by atoms with Crippen molar-refractivity contribution in [2.45, 2.75) is 11.3 Å². The number of benzene rings is 1. The SMILES string of the molecule is N#C/C(=C/NCCc1ccc(S(N)(=O)=O)cc1)C(=O)NCCN1CCOCC1. The van der Waals surface area contributed by atoms with Gasteiger partial charge >= 0.3 is 0 Å². The maximum Gasteiger partial charge on any atom is 0.263 e. The Morgan fingerprint density at radius 3 is 2.54 bits per heavy atom. The van der Waals surface area contributed by atoms with Crippen LogP contribution in [0.15, 0.2) is 40.9 Å². The maximum absolute atomic E-state index is 12.1. The van der Waals surface area contributed by atoms with Crippen LogP contribution in [0.5, 0.6) is 0 Å². The fourth-order valence-corrected chi connectivity index (χ4v) is 3.15. The van der Waals surface area contributed by atoms with E-state index in [2.05, 4.69) is 15.5 Å². The molecule has 1 aromatic carbocycles. The first-order valence-electron chi connectivity index (χ1n) is 8.94. The molecule has 0 spiro atoms. The molecule has 1 fully saturated rings. The highest BCUT2D eigenvalue weighted by Gasteiger charge is 2.12. The average Bonchev–Trinajstić information content (AvgIpc) is 2.68. The van der Waals surface area contributed by atoms with Gasteiger partial charge in [0.1, 0.15) is 11.6 Å². The molecule has 1 aliphatic heterocycles. The second-order valence-corrected chi connectivity index (χ2v) is 7.83. The van der Waals surface area contributed by atoms with Crippen molar-refractivity contribution in [1.82, 2.24) is 15.5 Å². The number of hydrogen-bond acceptors (Lipinski definition) is 7. The summed E-state index contributed by atoms with van der Waals surface area (Å²) < 4.78 is 27.7. The van der Waals surface area contributed by atoms with Crippen molar-refractivity contribution in [2.75, 3.05) is 45.9 Å². The van der Waals surface area contributed by atoms with Crippen LogP contribution in [0.3, 0.4) is 0 Å². The van der Waals surface area contributed by atoms with Crippen molar-refractivity contribution in [3.05, 3.63) is 41.6 Å². The zero-order valence-electron chi connectivity index (χ0n) is 15.6. The first-order valence-corrected chi connectivity index (χ1v) is 10.5. The number of amides is 1. The molecule has 4 N–H and O–H groups in total. The zero-order valence-corrected chi connectivity index (χ0v) is 16.4. The summed E-state index contributed by atoms with van der Waals surface area (Å²) in [4.78, 5) is 14.3. The number of carbonyl (C=O) groups excluding carboxylic acids is 1. The van der Waals surface area contributed by atoms with Crippen LogP contribution in [-0.2, 0) is 26.0 Å². The molecule has 1 aliphatic rings. The number of morpholine rings is 1. The van der Waals surface area contributed by atoms with Gasteiger partial charge < -0.3 is 15.4 Å². The quantitative estimate of drug-likeness (QED) is 0.280. The lowest BCUT2D eigenvalue weighted by Gasteiger charge is -2.26. The first-order chi connectivity index (χ1) is 13.4. The maximum atomic E-state index is 12.1. The Morgan fingerprint density at radius 1 is 1.25 bits per heavy atom. The van der Waals surface area contributed by atoms with Crippen LogP contribution in [0.2, 0.25) is 0 Å². The van der Waals surface area contributed by atoms with E-state index in [1.165, 1.54) is 18.3 Å². The number of nitrogens with two attached hydrogens (primary N) is 1. The molecular weight excluding hydrogens is 382 g/mol. The van der Waals surface area contributed by atoms with E-state index >= 15 is 0 Å². The number of nitrogens with zero attached hydrogens (tertiary/aromatic N) is 2. The number of hydrogen-bond donors (Lipinski definition) is 3. The van der Waals surface area contributed by atoms with Crippen LogP contribution in [0.25, 0.3) is 0 Å². The van der Waals surface area contributed by atoms with Crippen molar-refractivity contribution >= 4 is 15.9 Å². The van der Waals surface area contributed by atoms with E-state index < -0.39 is 15.9 Å². The largest absolute Gasteiger partial charge is 0.389 e. The predicted octanol–water partition coefficient (Wildman–Crippen LogP) is -0.678. The van der Waals surface area contributed by atoms with Crippen molar-refractivity contribution in [2.24, 2.45) is 5.14 Å². The third kappa shape index (κ3) is 7.28. The van der Waals surface area contributed by atoms with Gasteiger partial charge in [-0.3, -0.25) is 9.69 Å². The van der Waals surface area contributed by atoms with E-state index in [9.17, 15) is 13.2 Å². The summed E-state index contributed by atoms with van der Waals surface area (Å²) >= 11 is 0. The predicted molar refractivity (Wildman–Crippen MR) is 103 cm³/mol. The van der Waals surface area contributed by atoms with Crippen LogP contribution in [0.1, 0.15) is 5.56 Å². The lowest BCUT2D eigenvalue weighted by molar-refractivity contribution is -0.117. The fraction of sp³-hybridized carbons (Fsp3) is 0.444. The summed E-state index contributed by atoms with van der Waals surface area (Å²) in [7, 11) is -3.70. The first kappa shape index (κ1) is 21.8. The van der Waals surface area contributed by atoms with Crippen molar-refractivity contribution < 1.29 is 17.9 Å². The van der Waals surface area contributed by atoms with E-state index in [0.717, 1.165) is 25.2 Å². The smallest absolute Gasteiger partial charge is 0.263 e. The Labute approximate surface area is 165 Å². The number of primary sulfonamides is 1. The molecule has 0 atom stereocenters. The monoisotopic (exact) mass is 407 g/mol. The summed E-state index contributed by atoms with van der Waals surface area (Å²) in [5.41, 5.74) is 0.910. The molecule has 0 saturated carbocycles. The number of nitrogens with one attached hydrogen (secondary N) is 2. The average molecular weight is 407 g/mol. The van der Waals surface area contributed by atoms with Crippen LogP contribution in [-0.4, -0.2) is 65.2 Å². The lowest BCUT2D eigenvalue weighted by Crippen LogP contribution is -2.41. The molecule has 152 valence electrons. The molecule has 1 saturated heterocycles. The van der Waals surface area contributed by atoms with E-state index in [4.69, 9.17) is 15.1 Å². The number of ether oxygens (including phenoxy) is 1. The minimum absolute atomic E-state index is 0.00607. The summed E-state index contributed by atoms with van der Waals surface area (Å²) in [6.45, 7) is 4.76. The van der Waals surface area contributed by atoms with E-state index in [1.807, 2.05) is 6.07 Å². The number of carbonyl (C=O) groups is 1. The van der Waals surface area contributed by atoms with Crippen LogP contribution in [0, 0.1) is 11.3 Å². The molecule has 10 heteroatoms. The van der Waals surface area contributed by atoms with Gasteiger partial charge in [-0.1, -0.05) is 12.1 Å². The molecule has 0 aliphatic carbocycles. The summed E-state index contributed by atoms with van der Waals surface area (Å²) in [5.74, 6) is -0.416. The van der Waals surface area contributed by atoms with Gasteiger partial charge in [0.2, 0.25) is 10.0 Å². The number of nitriles is 1. The Bertz CT molecular complexity index is 825. The molecule has 1 heterocycles. The van der Waals surface area contributed by atoms with Gasteiger partial charge in [0.05, 0.1) is 18.1 Å². The van der Waals surface area contributed by atoms with Crippen molar-refractivity contribution in [3.63, 3.8) is 0 Å². The Balaban J connectivity index is 1.73. The van der Waals surface area contributed by atoms with Crippen molar-refractivity contribution in [3.8, 4) is 6.07 Å².